The lowest BCUT2D eigenvalue weighted by Crippen LogP contribution is -2.31. The van der Waals surface area contributed by atoms with Crippen molar-refractivity contribution in [1.29, 1.82) is 0 Å². The first-order valence-corrected chi connectivity index (χ1v) is 16.4. The molecule has 3 atom stereocenters. The molecule has 0 saturated carbocycles. The first-order valence-electron chi connectivity index (χ1n) is 15.4. The van der Waals surface area contributed by atoms with Gasteiger partial charge in [-0.05, 0) is 52.1 Å². The van der Waals surface area contributed by atoms with E-state index in [0.717, 1.165) is 45.6 Å². The van der Waals surface area contributed by atoms with Gasteiger partial charge in [-0.25, -0.2) is 0 Å². The summed E-state index contributed by atoms with van der Waals surface area (Å²) in [7, 11) is 0. The number of imide groups is 1. The van der Waals surface area contributed by atoms with Gasteiger partial charge in [0.25, 0.3) is 11.8 Å². The SMILES string of the molecule is O=C1c2ccccc2C(=O)N1Cc1ccccc1-c1ccc([C@@H]2O[C@H](CSc3ccccc3)C[C@H](c3ccc(CO)cc3)O2)cc1. The van der Waals surface area contributed by atoms with E-state index < -0.39 is 6.29 Å². The van der Waals surface area contributed by atoms with Crippen molar-refractivity contribution < 1.29 is 24.2 Å². The van der Waals surface area contributed by atoms with Gasteiger partial charge >= 0.3 is 0 Å². The number of benzene rings is 5. The number of thioether (sulfide) groups is 1. The van der Waals surface area contributed by atoms with Gasteiger partial charge in [-0.15, -0.1) is 11.8 Å². The van der Waals surface area contributed by atoms with Crippen LogP contribution >= 0.6 is 11.8 Å². The Balaban J connectivity index is 1.11. The number of aliphatic hydroxyl groups is 1. The van der Waals surface area contributed by atoms with Crippen LogP contribution in [0.1, 0.15) is 61.8 Å². The van der Waals surface area contributed by atoms with E-state index in [9.17, 15) is 14.7 Å². The maximum atomic E-state index is 13.1. The smallest absolute Gasteiger partial charge is 0.261 e. The first-order chi connectivity index (χ1) is 22.6. The number of rotatable bonds is 9. The van der Waals surface area contributed by atoms with Gasteiger partial charge in [0.2, 0.25) is 0 Å². The Hall–Kier alpha value is -4.53. The molecule has 0 radical (unpaired) electrons. The van der Waals surface area contributed by atoms with Crippen LogP contribution < -0.4 is 0 Å². The average molecular weight is 628 g/mol. The third-order valence-electron chi connectivity index (χ3n) is 8.51. The van der Waals surface area contributed by atoms with Crippen molar-refractivity contribution in [2.75, 3.05) is 5.75 Å². The van der Waals surface area contributed by atoms with Gasteiger partial charge in [-0.2, -0.15) is 0 Å². The maximum Gasteiger partial charge on any atom is 0.261 e. The van der Waals surface area contributed by atoms with Gasteiger partial charge in [0.15, 0.2) is 6.29 Å². The Labute approximate surface area is 272 Å². The van der Waals surface area contributed by atoms with E-state index >= 15 is 0 Å². The van der Waals surface area contributed by atoms with Crippen LogP contribution in [-0.2, 0) is 22.6 Å². The number of ether oxygens (including phenoxy) is 2. The molecule has 5 aromatic carbocycles. The Bertz CT molecular complexity index is 1810. The van der Waals surface area contributed by atoms with E-state index in [-0.39, 0.29) is 37.2 Å². The van der Waals surface area contributed by atoms with Crippen molar-refractivity contribution in [3.63, 3.8) is 0 Å². The molecular formula is C39H33NO5S. The number of carbonyl (C=O) groups is 2. The zero-order valence-corrected chi connectivity index (χ0v) is 25.9. The molecular weight excluding hydrogens is 594 g/mol. The molecule has 2 amide bonds. The van der Waals surface area contributed by atoms with Crippen molar-refractivity contribution in [3.8, 4) is 11.1 Å². The average Bonchev–Trinajstić information content (AvgIpc) is 3.36. The highest BCUT2D eigenvalue weighted by Crippen LogP contribution is 2.40. The molecule has 1 N–H and O–H groups in total. The summed E-state index contributed by atoms with van der Waals surface area (Å²) in [5, 5.41) is 9.52. The Morgan fingerprint density at radius 1 is 0.674 bits per heavy atom. The second-order valence-corrected chi connectivity index (χ2v) is 12.6. The predicted molar refractivity (Wildman–Crippen MR) is 178 cm³/mol. The fraction of sp³-hybridized carbons (Fsp3) is 0.179. The summed E-state index contributed by atoms with van der Waals surface area (Å²) in [6.45, 7) is 0.193. The van der Waals surface area contributed by atoms with Gasteiger partial charge in [0.05, 0.1) is 36.5 Å². The normalized spacial score (nSPS) is 19.3. The fourth-order valence-corrected chi connectivity index (χ4v) is 6.98. The van der Waals surface area contributed by atoms with E-state index in [1.807, 2.05) is 91.0 Å². The molecule has 2 aliphatic heterocycles. The van der Waals surface area contributed by atoms with Crippen molar-refractivity contribution in [3.05, 3.63) is 161 Å². The summed E-state index contributed by atoms with van der Waals surface area (Å²) in [4.78, 5) is 28.6. The first kappa shape index (κ1) is 30.1. The van der Waals surface area contributed by atoms with Gasteiger partial charge in [0.1, 0.15) is 0 Å². The molecule has 0 aromatic heterocycles. The van der Waals surface area contributed by atoms with Crippen molar-refractivity contribution in [2.24, 2.45) is 0 Å². The summed E-state index contributed by atoms with van der Waals surface area (Å²) in [5.74, 6) is 0.258. The molecule has 1 fully saturated rings. The molecule has 0 unspecified atom stereocenters. The quantitative estimate of drug-likeness (QED) is 0.132. The lowest BCUT2D eigenvalue weighted by molar-refractivity contribution is -0.245. The van der Waals surface area contributed by atoms with Gasteiger partial charge in [0, 0.05) is 22.6 Å². The molecule has 46 heavy (non-hydrogen) atoms. The van der Waals surface area contributed by atoms with E-state index in [1.165, 1.54) is 9.80 Å². The van der Waals surface area contributed by atoms with Crippen molar-refractivity contribution in [1.82, 2.24) is 4.90 Å². The van der Waals surface area contributed by atoms with E-state index in [1.54, 1.807) is 36.0 Å². The van der Waals surface area contributed by atoms with Gasteiger partial charge in [-0.3, -0.25) is 14.5 Å². The lowest BCUT2D eigenvalue weighted by Gasteiger charge is -2.36. The van der Waals surface area contributed by atoms with Crippen LogP contribution in [-0.4, -0.2) is 33.7 Å². The largest absolute Gasteiger partial charge is 0.392 e. The molecule has 1 saturated heterocycles. The number of hydrogen-bond acceptors (Lipinski definition) is 6. The standard InChI is InChI=1S/C39H33NO5S/c41-24-26-14-16-28(17-15-26)36-22-31(25-46-32-9-2-1-3-10-32)44-39(45-36)29-20-18-27(19-21-29)33-11-5-4-8-30(33)23-40-37(42)34-12-6-7-13-35(34)38(40)43/h1-21,31,36,39,41H,22-25H2/t31-,36+,39+/m0/s1. The summed E-state index contributed by atoms with van der Waals surface area (Å²) >= 11 is 1.77. The second-order valence-electron chi connectivity index (χ2n) is 11.5. The Kier molecular flexibility index (Phi) is 8.81. The predicted octanol–water partition coefficient (Wildman–Crippen LogP) is 7.98. The number of fused-ring (bicyclic) bond motifs is 1. The monoisotopic (exact) mass is 627 g/mol. The minimum atomic E-state index is -0.555. The van der Waals surface area contributed by atoms with E-state index in [4.69, 9.17) is 9.47 Å². The second kappa shape index (κ2) is 13.4. The summed E-state index contributed by atoms with van der Waals surface area (Å²) < 4.78 is 13.1. The third-order valence-corrected chi connectivity index (χ3v) is 9.66. The molecule has 6 nitrogen and oxygen atoms in total. The maximum absolute atomic E-state index is 13.1. The zero-order valence-electron chi connectivity index (χ0n) is 25.1. The van der Waals surface area contributed by atoms with Crippen LogP contribution in [0.4, 0.5) is 0 Å². The number of hydrogen-bond donors (Lipinski definition) is 1. The van der Waals surface area contributed by atoms with E-state index in [0.29, 0.717) is 11.1 Å². The Morgan fingerprint density at radius 3 is 1.96 bits per heavy atom. The van der Waals surface area contributed by atoms with E-state index in [2.05, 4.69) is 12.1 Å². The molecule has 230 valence electrons. The summed E-state index contributed by atoms with van der Waals surface area (Å²) in [6, 6.07) is 41.2. The van der Waals surface area contributed by atoms with Gasteiger partial charge in [-0.1, -0.05) is 103 Å². The molecule has 0 spiro atoms. The fourth-order valence-electron chi connectivity index (χ4n) is 6.04. The molecule has 7 rings (SSSR count). The molecule has 5 aromatic rings. The van der Waals surface area contributed by atoms with Crippen molar-refractivity contribution in [2.45, 2.75) is 43.0 Å². The van der Waals surface area contributed by atoms with Crippen molar-refractivity contribution >= 4 is 23.6 Å². The van der Waals surface area contributed by atoms with Crippen LogP contribution in [0.3, 0.4) is 0 Å². The van der Waals surface area contributed by atoms with Gasteiger partial charge < -0.3 is 14.6 Å². The third kappa shape index (κ3) is 6.28. The number of aliphatic hydroxyl groups excluding tert-OH is 1. The molecule has 0 aliphatic carbocycles. The number of carbonyl (C=O) groups excluding carboxylic acids is 2. The summed E-state index contributed by atoms with van der Waals surface area (Å²) in [5.41, 5.74) is 6.54. The minimum Gasteiger partial charge on any atom is -0.392 e. The van der Waals surface area contributed by atoms with Crippen LogP contribution in [0, 0.1) is 0 Å². The minimum absolute atomic E-state index is 0.00164. The number of amides is 2. The molecule has 2 aliphatic rings. The van der Waals surface area contributed by atoms with Crippen LogP contribution in [0.2, 0.25) is 0 Å². The van der Waals surface area contributed by atoms with Crippen LogP contribution in [0.15, 0.2) is 132 Å². The van der Waals surface area contributed by atoms with Crippen LogP contribution in [0.5, 0.6) is 0 Å². The highest BCUT2D eigenvalue weighted by atomic mass is 32.2. The lowest BCUT2D eigenvalue weighted by atomic mass is 9.97. The number of nitrogens with zero attached hydrogens (tertiary/aromatic N) is 1. The van der Waals surface area contributed by atoms with Crippen LogP contribution in [0.25, 0.3) is 11.1 Å². The molecule has 2 heterocycles. The highest BCUT2D eigenvalue weighted by molar-refractivity contribution is 7.99. The Morgan fingerprint density at radius 2 is 1.28 bits per heavy atom. The molecule has 0 bridgehead atoms. The summed E-state index contributed by atoms with van der Waals surface area (Å²) in [6.07, 6.45) is -0.0299. The molecule has 7 heteroatoms. The topological polar surface area (TPSA) is 76.1 Å². The zero-order chi connectivity index (χ0) is 31.5. The highest BCUT2D eigenvalue weighted by Gasteiger charge is 2.36.